The molecule has 1 N–H and O–H groups in total. The molecular weight excluding hydrogens is 320 g/mol. The number of hydrogen-bond acceptors (Lipinski definition) is 5. The van der Waals surface area contributed by atoms with Crippen LogP contribution in [-0.2, 0) is 19.1 Å². The normalized spacial score (nSPS) is 22.4. The highest BCUT2D eigenvalue weighted by molar-refractivity contribution is 6.17. The smallest absolute Gasteiger partial charge is 0.303 e. The van der Waals surface area contributed by atoms with Crippen LogP contribution in [0.25, 0.3) is 0 Å². The van der Waals surface area contributed by atoms with Crippen molar-refractivity contribution in [2.75, 3.05) is 0 Å². The molecule has 0 aromatic carbocycles. The molecule has 5 heteroatoms. The molecule has 0 spiro atoms. The average Bonchev–Trinajstić information content (AvgIpc) is 2.85. The van der Waals surface area contributed by atoms with Gasteiger partial charge in [0, 0.05) is 13.3 Å². The van der Waals surface area contributed by atoms with Crippen LogP contribution in [0.15, 0.2) is 12.2 Å². The van der Waals surface area contributed by atoms with Crippen LogP contribution in [0.4, 0.5) is 0 Å². The first-order valence-electron chi connectivity index (χ1n) is 9.58. The lowest BCUT2D eigenvalue weighted by molar-refractivity contribution is -0.166. The van der Waals surface area contributed by atoms with Crippen molar-refractivity contribution in [1.29, 1.82) is 0 Å². The van der Waals surface area contributed by atoms with Gasteiger partial charge in [0.15, 0.2) is 17.7 Å². The topological polar surface area (TPSA) is 80.7 Å². The molecule has 2 unspecified atom stereocenters. The second-order valence-corrected chi connectivity index (χ2v) is 6.87. The van der Waals surface area contributed by atoms with Crippen LogP contribution in [0, 0.1) is 0 Å². The van der Waals surface area contributed by atoms with Crippen LogP contribution >= 0.6 is 0 Å². The molecule has 1 aliphatic rings. The molecule has 0 saturated carbocycles. The number of carbonyl (C=O) groups excluding carboxylic acids is 3. The van der Waals surface area contributed by atoms with Crippen molar-refractivity contribution >= 4 is 17.5 Å². The van der Waals surface area contributed by atoms with E-state index in [4.69, 9.17) is 4.74 Å². The molecule has 0 aliphatic heterocycles. The van der Waals surface area contributed by atoms with Crippen molar-refractivity contribution in [2.24, 2.45) is 0 Å². The van der Waals surface area contributed by atoms with Crippen molar-refractivity contribution < 1.29 is 24.2 Å². The van der Waals surface area contributed by atoms with Crippen molar-refractivity contribution in [3.63, 3.8) is 0 Å². The summed E-state index contributed by atoms with van der Waals surface area (Å²) >= 11 is 0. The first-order chi connectivity index (χ1) is 11.9. The first kappa shape index (κ1) is 21.6. The Morgan fingerprint density at radius 2 is 1.56 bits per heavy atom. The standard InChI is InChI=1S/C20H32O5/c1-3-4-5-6-7-8-9-10-11-12-13-17(22)20(24)18(23)14-15-19(20)25-16(2)21/h14-15,19,24H,3-13H2,1-2H3. The second kappa shape index (κ2) is 11.2. The summed E-state index contributed by atoms with van der Waals surface area (Å²) in [6.07, 6.45) is 12.7. The van der Waals surface area contributed by atoms with Crippen molar-refractivity contribution in [3.8, 4) is 0 Å². The van der Waals surface area contributed by atoms with Gasteiger partial charge in [0.2, 0.25) is 5.60 Å². The highest BCUT2D eigenvalue weighted by Gasteiger charge is 2.52. The maximum absolute atomic E-state index is 12.3. The van der Waals surface area contributed by atoms with Crippen LogP contribution in [0.3, 0.4) is 0 Å². The van der Waals surface area contributed by atoms with Gasteiger partial charge in [-0.05, 0) is 18.6 Å². The molecule has 0 fully saturated rings. The molecule has 5 nitrogen and oxygen atoms in total. The summed E-state index contributed by atoms with van der Waals surface area (Å²) in [6.45, 7) is 3.39. The van der Waals surface area contributed by atoms with Crippen LogP contribution in [0.1, 0.15) is 84.5 Å². The van der Waals surface area contributed by atoms with Gasteiger partial charge in [-0.2, -0.15) is 0 Å². The lowest BCUT2D eigenvalue weighted by atomic mass is 9.89. The summed E-state index contributed by atoms with van der Waals surface area (Å²) in [5, 5.41) is 10.4. The molecule has 0 aromatic heterocycles. The third-order valence-corrected chi connectivity index (χ3v) is 4.69. The molecule has 1 rings (SSSR count). The Hall–Kier alpha value is -1.49. The summed E-state index contributed by atoms with van der Waals surface area (Å²) < 4.78 is 4.90. The molecule has 0 heterocycles. The summed E-state index contributed by atoms with van der Waals surface area (Å²) in [6, 6.07) is 0. The number of rotatable bonds is 13. The highest BCUT2D eigenvalue weighted by atomic mass is 16.6. The molecule has 0 amide bonds. The van der Waals surface area contributed by atoms with E-state index in [1.807, 2.05) is 0 Å². The van der Waals surface area contributed by atoms with E-state index in [-0.39, 0.29) is 6.42 Å². The van der Waals surface area contributed by atoms with E-state index in [0.717, 1.165) is 25.3 Å². The fourth-order valence-corrected chi connectivity index (χ4v) is 3.14. The number of ketones is 2. The fraction of sp³-hybridized carbons (Fsp3) is 0.750. The van der Waals surface area contributed by atoms with Gasteiger partial charge in [0.25, 0.3) is 0 Å². The Bertz CT molecular complexity index is 482. The third-order valence-electron chi connectivity index (χ3n) is 4.69. The Morgan fingerprint density at radius 3 is 2.08 bits per heavy atom. The quantitative estimate of drug-likeness (QED) is 0.311. The number of aliphatic hydroxyl groups is 1. The summed E-state index contributed by atoms with van der Waals surface area (Å²) in [7, 11) is 0. The monoisotopic (exact) mass is 352 g/mol. The van der Waals surface area contributed by atoms with Gasteiger partial charge < -0.3 is 9.84 Å². The average molecular weight is 352 g/mol. The fourth-order valence-electron chi connectivity index (χ4n) is 3.14. The molecule has 142 valence electrons. The Kier molecular flexibility index (Phi) is 9.65. The lowest BCUT2D eigenvalue weighted by Crippen LogP contribution is -2.53. The van der Waals surface area contributed by atoms with Crippen LogP contribution in [-0.4, -0.2) is 34.3 Å². The van der Waals surface area contributed by atoms with E-state index in [1.54, 1.807) is 0 Å². The van der Waals surface area contributed by atoms with E-state index in [2.05, 4.69) is 6.92 Å². The molecule has 2 atom stereocenters. The van der Waals surface area contributed by atoms with E-state index in [9.17, 15) is 19.5 Å². The molecule has 0 saturated heterocycles. The molecule has 0 aromatic rings. The van der Waals surface area contributed by atoms with Crippen LogP contribution in [0.2, 0.25) is 0 Å². The zero-order valence-electron chi connectivity index (χ0n) is 15.6. The van der Waals surface area contributed by atoms with E-state index in [0.29, 0.717) is 6.42 Å². The van der Waals surface area contributed by atoms with Crippen molar-refractivity contribution in [2.45, 2.75) is 96.2 Å². The summed E-state index contributed by atoms with van der Waals surface area (Å²) in [4.78, 5) is 35.2. The van der Waals surface area contributed by atoms with Gasteiger partial charge in [-0.15, -0.1) is 0 Å². The van der Waals surface area contributed by atoms with Gasteiger partial charge in [0.1, 0.15) is 0 Å². The second-order valence-electron chi connectivity index (χ2n) is 6.87. The highest BCUT2D eigenvalue weighted by Crippen LogP contribution is 2.27. The predicted molar refractivity (Wildman–Crippen MR) is 96.1 cm³/mol. The number of hydrogen-bond donors (Lipinski definition) is 1. The Balaban J connectivity index is 2.23. The van der Waals surface area contributed by atoms with Crippen LogP contribution < -0.4 is 0 Å². The van der Waals surface area contributed by atoms with Gasteiger partial charge in [-0.1, -0.05) is 64.7 Å². The van der Waals surface area contributed by atoms with E-state index < -0.39 is 29.2 Å². The van der Waals surface area contributed by atoms with Gasteiger partial charge >= 0.3 is 5.97 Å². The number of carbonyl (C=O) groups is 3. The molecule has 25 heavy (non-hydrogen) atoms. The number of ether oxygens (including phenoxy) is 1. The molecule has 1 aliphatic carbocycles. The zero-order chi connectivity index (χ0) is 18.7. The number of unbranched alkanes of at least 4 members (excludes halogenated alkanes) is 9. The maximum Gasteiger partial charge on any atom is 0.303 e. The molecule has 0 bridgehead atoms. The molecular formula is C20H32O5. The van der Waals surface area contributed by atoms with Crippen molar-refractivity contribution in [1.82, 2.24) is 0 Å². The first-order valence-corrected chi connectivity index (χ1v) is 9.58. The third kappa shape index (κ3) is 6.73. The van der Waals surface area contributed by atoms with Gasteiger partial charge in [-0.3, -0.25) is 14.4 Å². The molecule has 0 radical (unpaired) electrons. The van der Waals surface area contributed by atoms with Crippen LogP contribution in [0.5, 0.6) is 0 Å². The lowest BCUT2D eigenvalue weighted by Gasteiger charge is -2.26. The van der Waals surface area contributed by atoms with Gasteiger partial charge in [0.05, 0.1) is 0 Å². The number of esters is 1. The summed E-state index contributed by atoms with van der Waals surface area (Å²) in [5.41, 5.74) is -2.23. The van der Waals surface area contributed by atoms with E-state index >= 15 is 0 Å². The zero-order valence-corrected chi connectivity index (χ0v) is 15.6. The number of Topliss-reactive ketones (excluding diaryl/α,β-unsaturated/α-hetero) is 1. The Morgan fingerprint density at radius 1 is 1.04 bits per heavy atom. The van der Waals surface area contributed by atoms with Gasteiger partial charge in [-0.25, -0.2) is 0 Å². The minimum atomic E-state index is -2.23. The largest absolute Gasteiger partial charge is 0.454 e. The van der Waals surface area contributed by atoms with E-state index in [1.165, 1.54) is 51.5 Å². The van der Waals surface area contributed by atoms with Crippen molar-refractivity contribution in [3.05, 3.63) is 12.2 Å². The SMILES string of the molecule is CCCCCCCCCCCCC(=O)C1(O)C(=O)C=CC1OC(C)=O. The predicted octanol–water partition coefficient (Wildman–Crippen LogP) is 3.67. The minimum absolute atomic E-state index is 0.123. The maximum atomic E-state index is 12.3. The minimum Gasteiger partial charge on any atom is -0.454 e. The summed E-state index contributed by atoms with van der Waals surface area (Å²) in [5.74, 6) is -1.89. The Labute approximate surface area is 150 Å².